The number of rotatable bonds is 2. The summed E-state index contributed by atoms with van der Waals surface area (Å²) in [6.07, 6.45) is 2.82. The maximum atomic E-state index is 12.9. The van der Waals surface area contributed by atoms with Crippen LogP contribution in [0.15, 0.2) is 36.5 Å². The maximum Gasteiger partial charge on any atom is 0.356 e. The molecule has 1 saturated carbocycles. The van der Waals surface area contributed by atoms with E-state index in [0.29, 0.717) is 18.6 Å². The van der Waals surface area contributed by atoms with Gasteiger partial charge in [0, 0.05) is 23.1 Å². The van der Waals surface area contributed by atoms with E-state index in [4.69, 9.17) is 9.47 Å². The molecule has 2 fully saturated rings. The molecule has 1 aromatic carbocycles. The first-order valence-electron chi connectivity index (χ1n) is 8.11. The van der Waals surface area contributed by atoms with Gasteiger partial charge in [-0.2, -0.15) is 0 Å². The quantitative estimate of drug-likeness (QED) is 0.626. The van der Waals surface area contributed by atoms with E-state index in [1.165, 1.54) is 0 Å². The number of ether oxygens (including phenoxy) is 2. The zero-order chi connectivity index (χ0) is 17.2. The first-order valence-corrected chi connectivity index (χ1v) is 8.11. The van der Waals surface area contributed by atoms with Crippen LogP contribution in [-0.4, -0.2) is 22.5 Å². The number of pyridine rings is 1. The molecule has 1 aliphatic heterocycles. The van der Waals surface area contributed by atoms with Crippen molar-refractivity contribution in [2.45, 2.75) is 39.2 Å². The molecule has 0 spiro atoms. The second-order valence-electron chi connectivity index (χ2n) is 7.42. The number of aromatic nitrogens is 1. The van der Waals surface area contributed by atoms with Crippen molar-refractivity contribution >= 4 is 22.8 Å². The van der Waals surface area contributed by atoms with Gasteiger partial charge in [0.2, 0.25) is 5.60 Å². The van der Waals surface area contributed by atoms with Crippen LogP contribution in [0.1, 0.15) is 33.6 Å². The fourth-order valence-corrected chi connectivity index (χ4v) is 4.00. The number of carbonyl (C=O) groups excluding carboxylic acids is 2. The monoisotopic (exact) mass is 325 g/mol. The molecule has 2 aliphatic rings. The highest BCUT2D eigenvalue weighted by Gasteiger charge is 2.76. The van der Waals surface area contributed by atoms with Crippen LogP contribution in [0.2, 0.25) is 0 Å². The van der Waals surface area contributed by atoms with Crippen LogP contribution in [0, 0.1) is 10.8 Å². The molecule has 2 heterocycles. The summed E-state index contributed by atoms with van der Waals surface area (Å²) in [5.74, 6) is -0.402. The molecule has 1 aromatic heterocycles. The summed E-state index contributed by atoms with van der Waals surface area (Å²) >= 11 is 0. The first-order chi connectivity index (χ1) is 11.3. The lowest BCUT2D eigenvalue weighted by Crippen LogP contribution is -2.50. The largest absolute Gasteiger partial charge is 0.446 e. The molecule has 1 saturated heterocycles. The normalized spacial score (nSPS) is 30.4. The van der Waals surface area contributed by atoms with E-state index in [-0.39, 0.29) is 5.97 Å². The molecule has 2 bridgehead atoms. The van der Waals surface area contributed by atoms with Gasteiger partial charge in [-0.05, 0) is 38.0 Å². The predicted molar refractivity (Wildman–Crippen MR) is 87.3 cm³/mol. The third-order valence-corrected chi connectivity index (χ3v) is 6.20. The number of nitrogens with zero attached hydrogens (tertiary/aromatic N) is 1. The molecule has 1 aliphatic carbocycles. The molecule has 2 unspecified atom stereocenters. The van der Waals surface area contributed by atoms with Crippen molar-refractivity contribution in [2.24, 2.45) is 10.8 Å². The van der Waals surface area contributed by atoms with Crippen LogP contribution < -0.4 is 4.74 Å². The van der Waals surface area contributed by atoms with Gasteiger partial charge in [-0.25, -0.2) is 4.79 Å². The molecule has 2 atom stereocenters. The summed E-state index contributed by atoms with van der Waals surface area (Å²) in [6.45, 7) is 5.69. The van der Waals surface area contributed by atoms with Crippen LogP contribution in [0.3, 0.4) is 0 Å². The molecule has 4 rings (SSSR count). The van der Waals surface area contributed by atoms with Crippen molar-refractivity contribution in [3.8, 4) is 5.75 Å². The molecule has 0 radical (unpaired) electrons. The van der Waals surface area contributed by atoms with Crippen molar-refractivity contribution in [1.29, 1.82) is 0 Å². The van der Waals surface area contributed by atoms with Gasteiger partial charge in [-0.15, -0.1) is 0 Å². The van der Waals surface area contributed by atoms with Crippen LogP contribution in [-0.2, 0) is 14.3 Å². The first kappa shape index (κ1) is 15.1. The molecule has 124 valence electrons. The Bertz CT molecular complexity index is 875. The van der Waals surface area contributed by atoms with Crippen molar-refractivity contribution in [3.63, 3.8) is 0 Å². The van der Waals surface area contributed by atoms with Gasteiger partial charge < -0.3 is 9.47 Å². The lowest BCUT2D eigenvalue weighted by atomic mass is 9.66. The number of hydrogen-bond acceptors (Lipinski definition) is 5. The highest BCUT2D eigenvalue weighted by molar-refractivity contribution is 5.94. The van der Waals surface area contributed by atoms with Crippen molar-refractivity contribution in [2.75, 3.05) is 0 Å². The molecule has 0 N–H and O–H groups in total. The standard InChI is InChI=1S/C19H19NO4/c1-17(2)18(3)8-9-19(17,24-15(18)21)16(22)23-13-7-6-12-5-4-10-20-14(12)11-13/h4-7,10-11H,8-9H2,1-3H3. The van der Waals surface area contributed by atoms with Gasteiger partial charge in [-0.3, -0.25) is 9.78 Å². The van der Waals surface area contributed by atoms with Crippen LogP contribution in [0.4, 0.5) is 0 Å². The van der Waals surface area contributed by atoms with E-state index in [0.717, 1.165) is 10.9 Å². The Morgan fingerprint density at radius 1 is 1.21 bits per heavy atom. The number of hydrogen-bond donors (Lipinski definition) is 0. The minimum atomic E-state index is -1.21. The summed E-state index contributed by atoms with van der Waals surface area (Å²) in [5.41, 5.74) is -1.71. The number of fused-ring (bicyclic) bond motifs is 3. The average molecular weight is 325 g/mol. The van der Waals surface area contributed by atoms with E-state index in [9.17, 15) is 9.59 Å². The van der Waals surface area contributed by atoms with E-state index >= 15 is 0 Å². The fraction of sp³-hybridized carbons (Fsp3) is 0.421. The average Bonchev–Trinajstić information content (AvgIpc) is 2.85. The van der Waals surface area contributed by atoms with Crippen molar-refractivity contribution < 1.29 is 19.1 Å². The topological polar surface area (TPSA) is 65.5 Å². The lowest BCUT2D eigenvalue weighted by molar-refractivity contribution is -0.176. The smallest absolute Gasteiger partial charge is 0.356 e. The Labute approximate surface area is 140 Å². The Kier molecular flexibility index (Phi) is 2.87. The van der Waals surface area contributed by atoms with E-state index < -0.39 is 22.4 Å². The third-order valence-electron chi connectivity index (χ3n) is 6.20. The molecule has 0 amide bonds. The number of esters is 2. The summed E-state index contributed by atoms with van der Waals surface area (Å²) in [6, 6.07) is 9.11. The Balaban J connectivity index is 1.68. The minimum absolute atomic E-state index is 0.309. The molecular weight excluding hydrogens is 306 g/mol. The highest BCUT2D eigenvalue weighted by atomic mass is 16.6. The van der Waals surface area contributed by atoms with E-state index in [2.05, 4.69) is 4.98 Å². The van der Waals surface area contributed by atoms with Gasteiger partial charge in [-0.1, -0.05) is 19.9 Å². The third kappa shape index (κ3) is 1.67. The Morgan fingerprint density at radius 2 is 2.00 bits per heavy atom. The molecular formula is C19H19NO4. The fourth-order valence-electron chi connectivity index (χ4n) is 4.00. The van der Waals surface area contributed by atoms with Crippen molar-refractivity contribution in [3.05, 3.63) is 36.5 Å². The van der Waals surface area contributed by atoms with Crippen LogP contribution in [0.25, 0.3) is 10.9 Å². The van der Waals surface area contributed by atoms with E-state index in [1.54, 1.807) is 18.3 Å². The van der Waals surface area contributed by atoms with Crippen LogP contribution in [0.5, 0.6) is 5.75 Å². The van der Waals surface area contributed by atoms with Gasteiger partial charge >= 0.3 is 11.9 Å². The summed E-state index contributed by atoms with van der Waals surface area (Å²) < 4.78 is 11.2. The number of carbonyl (C=O) groups is 2. The second-order valence-corrected chi connectivity index (χ2v) is 7.42. The van der Waals surface area contributed by atoms with Gasteiger partial charge in [0.05, 0.1) is 10.9 Å². The Morgan fingerprint density at radius 3 is 2.67 bits per heavy atom. The van der Waals surface area contributed by atoms with Gasteiger partial charge in [0.15, 0.2) is 0 Å². The van der Waals surface area contributed by atoms with Crippen molar-refractivity contribution in [1.82, 2.24) is 4.98 Å². The molecule has 2 aromatic rings. The van der Waals surface area contributed by atoms with E-state index in [1.807, 2.05) is 39.0 Å². The van der Waals surface area contributed by atoms with Crippen LogP contribution >= 0.6 is 0 Å². The predicted octanol–water partition coefficient (Wildman–Crippen LogP) is 3.26. The summed E-state index contributed by atoms with van der Waals surface area (Å²) in [5, 5.41) is 0.969. The molecule has 24 heavy (non-hydrogen) atoms. The Hall–Kier alpha value is -2.43. The summed E-state index contributed by atoms with van der Waals surface area (Å²) in [4.78, 5) is 29.5. The van der Waals surface area contributed by atoms with Gasteiger partial charge in [0.25, 0.3) is 0 Å². The molecule has 5 nitrogen and oxygen atoms in total. The zero-order valence-electron chi connectivity index (χ0n) is 14.0. The lowest BCUT2D eigenvalue weighted by Gasteiger charge is -2.34. The van der Waals surface area contributed by atoms with Gasteiger partial charge in [0.1, 0.15) is 5.75 Å². The second kappa shape index (κ2) is 4.56. The zero-order valence-corrected chi connectivity index (χ0v) is 14.0. The summed E-state index contributed by atoms with van der Waals surface area (Å²) in [7, 11) is 0. The molecule has 5 heteroatoms. The minimum Gasteiger partial charge on any atom is -0.446 e. The SMILES string of the molecule is CC12CCC(C(=O)Oc3ccc4cccnc4c3)(OC1=O)C2(C)C. The highest BCUT2D eigenvalue weighted by Crippen LogP contribution is 2.65. The maximum absolute atomic E-state index is 12.9. The number of benzene rings is 1.